The van der Waals surface area contributed by atoms with Crippen molar-refractivity contribution in [2.75, 3.05) is 33.5 Å². The van der Waals surface area contributed by atoms with Gasteiger partial charge >= 0.3 is 0 Å². The molecule has 0 atom stereocenters. The maximum atomic E-state index is 5.60. The highest BCUT2D eigenvalue weighted by molar-refractivity contribution is 5.37. The molecule has 2 N–H and O–H groups in total. The van der Waals surface area contributed by atoms with E-state index in [4.69, 9.17) is 19.9 Å². The number of ether oxygens (including phenoxy) is 3. The number of nitrogens with two attached hydrogens (primary N) is 1. The molecule has 0 aliphatic rings. The lowest BCUT2D eigenvalue weighted by Gasteiger charge is -2.13. The second-order valence-electron chi connectivity index (χ2n) is 4.68. The first-order valence-corrected chi connectivity index (χ1v) is 6.71. The zero-order valence-corrected chi connectivity index (χ0v) is 12.1. The average molecular weight is 267 g/mol. The van der Waals surface area contributed by atoms with Crippen LogP contribution in [0.15, 0.2) is 18.2 Å². The summed E-state index contributed by atoms with van der Waals surface area (Å²) in [5, 5.41) is 0. The minimum Gasteiger partial charge on any atom is -0.496 e. The van der Waals surface area contributed by atoms with E-state index in [1.54, 1.807) is 7.11 Å². The second-order valence-corrected chi connectivity index (χ2v) is 4.68. The van der Waals surface area contributed by atoms with Gasteiger partial charge in [0.05, 0.1) is 33.5 Å². The van der Waals surface area contributed by atoms with E-state index in [1.165, 1.54) is 5.56 Å². The molecular weight excluding hydrogens is 242 g/mol. The van der Waals surface area contributed by atoms with E-state index in [2.05, 4.69) is 26.0 Å². The third-order valence-corrected chi connectivity index (χ3v) is 2.86. The number of hydrogen-bond donors (Lipinski definition) is 1. The van der Waals surface area contributed by atoms with E-state index in [-0.39, 0.29) is 0 Å². The molecule has 0 aromatic heterocycles. The minimum absolute atomic E-state index is 0.498. The molecule has 0 saturated heterocycles. The maximum absolute atomic E-state index is 5.60. The molecular formula is C15H25NO3. The highest BCUT2D eigenvalue weighted by atomic mass is 16.5. The molecule has 1 aromatic carbocycles. The SMILES string of the molecule is COc1ccc(C(C)C)cc1COCCOCCN. The Labute approximate surface area is 115 Å². The standard InChI is InChI=1S/C15H25NO3/c1-12(2)13-4-5-15(17-3)14(10-13)11-19-9-8-18-7-6-16/h4-5,10,12H,6-9,11,16H2,1-3H3. The molecule has 0 amide bonds. The van der Waals surface area contributed by atoms with Crippen LogP contribution in [0.5, 0.6) is 5.75 Å². The Morgan fingerprint density at radius 1 is 1.11 bits per heavy atom. The van der Waals surface area contributed by atoms with Gasteiger partial charge in [-0.25, -0.2) is 0 Å². The fourth-order valence-electron chi connectivity index (χ4n) is 1.76. The number of rotatable bonds is 9. The van der Waals surface area contributed by atoms with Gasteiger partial charge in [0.1, 0.15) is 5.75 Å². The van der Waals surface area contributed by atoms with Crippen molar-refractivity contribution in [1.29, 1.82) is 0 Å². The van der Waals surface area contributed by atoms with Gasteiger partial charge in [-0.1, -0.05) is 19.9 Å². The quantitative estimate of drug-likeness (QED) is 0.698. The molecule has 0 radical (unpaired) electrons. The van der Waals surface area contributed by atoms with Crippen molar-refractivity contribution in [3.05, 3.63) is 29.3 Å². The van der Waals surface area contributed by atoms with Gasteiger partial charge in [-0.05, 0) is 23.6 Å². The largest absolute Gasteiger partial charge is 0.496 e. The van der Waals surface area contributed by atoms with E-state index >= 15 is 0 Å². The molecule has 0 aliphatic carbocycles. The van der Waals surface area contributed by atoms with E-state index in [0.717, 1.165) is 11.3 Å². The predicted octanol–water partition coefficient (Wildman–Crippen LogP) is 2.31. The van der Waals surface area contributed by atoms with Gasteiger partial charge in [-0.2, -0.15) is 0 Å². The number of benzene rings is 1. The fourth-order valence-corrected chi connectivity index (χ4v) is 1.76. The van der Waals surface area contributed by atoms with Crippen molar-refractivity contribution in [2.24, 2.45) is 5.73 Å². The molecule has 108 valence electrons. The fraction of sp³-hybridized carbons (Fsp3) is 0.600. The molecule has 0 unspecified atom stereocenters. The Hall–Kier alpha value is -1.10. The molecule has 0 spiro atoms. The summed E-state index contributed by atoms with van der Waals surface area (Å²) >= 11 is 0. The van der Waals surface area contributed by atoms with Crippen molar-refractivity contribution >= 4 is 0 Å². The van der Waals surface area contributed by atoms with Crippen LogP contribution < -0.4 is 10.5 Å². The molecule has 4 heteroatoms. The van der Waals surface area contributed by atoms with Gasteiger partial charge in [0.25, 0.3) is 0 Å². The van der Waals surface area contributed by atoms with Crippen LogP contribution in [0.4, 0.5) is 0 Å². The zero-order chi connectivity index (χ0) is 14.1. The summed E-state index contributed by atoms with van der Waals surface area (Å²) in [4.78, 5) is 0. The predicted molar refractivity (Wildman–Crippen MR) is 76.6 cm³/mol. The van der Waals surface area contributed by atoms with Gasteiger partial charge in [0.15, 0.2) is 0 Å². The van der Waals surface area contributed by atoms with Crippen LogP contribution in [0.3, 0.4) is 0 Å². The molecule has 1 aromatic rings. The van der Waals surface area contributed by atoms with Crippen LogP contribution in [0.1, 0.15) is 30.9 Å². The van der Waals surface area contributed by atoms with Crippen molar-refractivity contribution in [3.8, 4) is 5.75 Å². The summed E-state index contributed by atoms with van der Waals surface area (Å²) in [5.41, 5.74) is 7.70. The summed E-state index contributed by atoms with van der Waals surface area (Å²) in [5.74, 6) is 1.37. The van der Waals surface area contributed by atoms with Gasteiger partial charge < -0.3 is 19.9 Å². The Balaban J connectivity index is 2.48. The Morgan fingerprint density at radius 2 is 1.84 bits per heavy atom. The van der Waals surface area contributed by atoms with Crippen molar-refractivity contribution in [1.82, 2.24) is 0 Å². The first-order valence-electron chi connectivity index (χ1n) is 6.71. The molecule has 0 heterocycles. The lowest BCUT2D eigenvalue weighted by Crippen LogP contribution is -2.12. The summed E-state index contributed by atoms with van der Waals surface area (Å²) in [6, 6.07) is 6.24. The monoisotopic (exact) mass is 267 g/mol. The normalized spacial score (nSPS) is 11.0. The highest BCUT2D eigenvalue weighted by Gasteiger charge is 2.07. The van der Waals surface area contributed by atoms with Crippen LogP contribution in [0.25, 0.3) is 0 Å². The number of methoxy groups -OCH3 is 1. The van der Waals surface area contributed by atoms with E-state index in [1.807, 2.05) is 6.07 Å². The van der Waals surface area contributed by atoms with Gasteiger partial charge in [-0.15, -0.1) is 0 Å². The van der Waals surface area contributed by atoms with Crippen LogP contribution in [-0.2, 0) is 16.1 Å². The van der Waals surface area contributed by atoms with E-state index < -0.39 is 0 Å². The highest BCUT2D eigenvalue weighted by Crippen LogP contribution is 2.24. The number of hydrogen-bond acceptors (Lipinski definition) is 4. The van der Waals surface area contributed by atoms with Crippen molar-refractivity contribution in [2.45, 2.75) is 26.4 Å². The van der Waals surface area contributed by atoms with Crippen LogP contribution in [-0.4, -0.2) is 33.5 Å². The molecule has 0 saturated carbocycles. The zero-order valence-electron chi connectivity index (χ0n) is 12.1. The average Bonchev–Trinajstić information content (AvgIpc) is 2.42. The molecule has 0 bridgehead atoms. The van der Waals surface area contributed by atoms with Gasteiger partial charge in [0.2, 0.25) is 0 Å². The second kappa shape index (κ2) is 8.91. The Kier molecular flexibility index (Phi) is 7.48. The van der Waals surface area contributed by atoms with Crippen molar-refractivity contribution in [3.63, 3.8) is 0 Å². The summed E-state index contributed by atoms with van der Waals surface area (Å²) in [6.07, 6.45) is 0. The summed E-state index contributed by atoms with van der Waals surface area (Å²) in [6.45, 7) is 7.15. The molecule has 1 rings (SSSR count). The lowest BCUT2D eigenvalue weighted by atomic mass is 10.0. The molecule has 19 heavy (non-hydrogen) atoms. The molecule has 0 fully saturated rings. The maximum Gasteiger partial charge on any atom is 0.124 e. The van der Waals surface area contributed by atoms with Gasteiger partial charge in [-0.3, -0.25) is 0 Å². The van der Waals surface area contributed by atoms with Crippen LogP contribution in [0.2, 0.25) is 0 Å². The first kappa shape index (κ1) is 16.0. The summed E-state index contributed by atoms with van der Waals surface area (Å²) < 4.78 is 16.2. The van der Waals surface area contributed by atoms with Crippen molar-refractivity contribution < 1.29 is 14.2 Å². The van der Waals surface area contributed by atoms with E-state index in [0.29, 0.717) is 38.9 Å². The smallest absolute Gasteiger partial charge is 0.124 e. The summed E-state index contributed by atoms with van der Waals surface area (Å²) in [7, 11) is 1.68. The first-order chi connectivity index (χ1) is 9.19. The molecule has 0 aliphatic heterocycles. The molecule has 4 nitrogen and oxygen atoms in total. The van der Waals surface area contributed by atoms with Crippen LogP contribution >= 0.6 is 0 Å². The third kappa shape index (κ3) is 5.59. The van der Waals surface area contributed by atoms with Gasteiger partial charge in [0, 0.05) is 12.1 Å². The topological polar surface area (TPSA) is 53.7 Å². The van der Waals surface area contributed by atoms with E-state index in [9.17, 15) is 0 Å². The Bertz CT molecular complexity index is 366. The lowest BCUT2D eigenvalue weighted by molar-refractivity contribution is 0.0427. The third-order valence-electron chi connectivity index (χ3n) is 2.86. The Morgan fingerprint density at radius 3 is 2.47 bits per heavy atom. The minimum atomic E-state index is 0.498. The van der Waals surface area contributed by atoms with Crippen LogP contribution in [0, 0.1) is 0 Å².